The predicted octanol–water partition coefficient (Wildman–Crippen LogP) is 1.65. The molecule has 0 amide bonds. The highest BCUT2D eigenvalue weighted by Gasteiger charge is 2.17. The third-order valence-electron chi connectivity index (χ3n) is 5.66. The number of aliphatic hydroxyl groups excluding tert-OH is 1. The van der Waals surface area contributed by atoms with Crippen LogP contribution in [0.4, 0.5) is 0 Å². The van der Waals surface area contributed by atoms with Crippen LogP contribution in [0.15, 0.2) is 4.99 Å². The van der Waals surface area contributed by atoms with Crippen molar-refractivity contribution in [1.29, 1.82) is 0 Å². The van der Waals surface area contributed by atoms with E-state index in [1.54, 1.807) is 0 Å². The van der Waals surface area contributed by atoms with E-state index in [0.717, 1.165) is 70.5 Å². The molecule has 0 aromatic heterocycles. The lowest BCUT2D eigenvalue weighted by atomic mass is 10.0. The highest BCUT2D eigenvalue weighted by atomic mass is 16.3. The van der Waals surface area contributed by atoms with Gasteiger partial charge in [-0.15, -0.1) is 0 Å². The normalized spacial score (nSPS) is 24.0. The first-order chi connectivity index (χ1) is 12.7. The van der Waals surface area contributed by atoms with Crippen molar-refractivity contribution in [3.63, 3.8) is 0 Å². The van der Waals surface area contributed by atoms with Crippen molar-refractivity contribution in [2.75, 3.05) is 52.4 Å². The molecule has 6 nitrogen and oxygen atoms in total. The Hall–Kier alpha value is -0.850. The number of nitrogens with one attached hydrogen (secondary N) is 2. The molecule has 0 bridgehead atoms. The lowest BCUT2D eigenvalue weighted by molar-refractivity contribution is 0.0824. The molecule has 0 aromatic rings. The summed E-state index contributed by atoms with van der Waals surface area (Å²) >= 11 is 0. The molecule has 2 saturated heterocycles. The van der Waals surface area contributed by atoms with Crippen LogP contribution in [0.1, 0.15) is 58.8 Å². The number of guanidine groups is 1. The molecule has 2 heterocycles. The topological polar surface area (TPSA) is 63.1 Å². The van der Waals surface area contributed by atoms with Gasteiger partial charge < -0.3 is 25.5 Å². The quantitative estimate of drug-likeness (QED) is 0.329. The second-order valence-corrected chi connectivity index (χ2v) is 7.85. The maximum Gasteiger partial charge on any atom is 0.191 e. The van der Waals surface area contributed by atoms with E-state index in [1.807, 2.05) is 0 Å². The molecule has 2 aliphatic heterocycles. The Morgan fingerprint density at radius 2 is 1.85 bits per heavy atom. The van der Waals surface area contributed by atoms with E-state index in [9.17, 15) is 5.11 Å². The van der Waals surface area contributed by atoms with E-state index in [4.69, 9.17) is 4.99 Å². The summed E-state index contributed by atoms with van der Waals surface area (Å²) in [5.74, 6) is 0.952. The van der Waals surface area contributed by atoms with Gasteiger partial charge in [0, 0.05) is 45.3 Å². The number of rotatable bonds is 9. The summed E-state index contributed by atoms with van der Waals surface area (Å²) < 4.78 is 0. The lowest BCUT2D eigenvalue weighted by Crippen LogP contribution is -2.41. The smallest absolute Gasteiger partial charge is 0.191 e. The third-order valence-corrected chi connectivity index (χ3v) is 5.66. The fourth-order valence-corrected chi connectivity index (χ4v) is 3.95. The fourth-order valence-electron chi connectivity index (χ4n) is 3.95. The summed E-state index contributed by atoms with van der Waals surface area (Å²) in [6.45, 7) is 12.8. The molecule has 0 spiro atoms. The van der Waals surface area contributed by atoms with Crippen LogP contribution in [-0.4, -0.2) is 85.4 Å². The standard InChI is InChI=1S/C20H41N5O/c1-3-21-20(22-11-6-13-24-16-9-19(26)10-17-24)23-12-7-15-25-14-5-4-8-18(25)2/h18-19,26H,3-17H2,1-2H3,(H2,21,22,23). The van der Waals surface area contributed by atoms with Crippen molar-refractivity contribution in [1.82, 2.24) is 20.4 Å². The van der Waals surface area contributed by atoms with E-state index in [2.05, 4.69) is 34.3 Å². The zero-order chi connectivity index (χ0) is 18.6. The van der Waals surface area contributed by atoms with E-state index < -0.39 is 0 Å². The van der Waals surface area contributed by atoms with Crippen molar-refractivity contribution in [3.05, 3.63) is 0 Å². The molecule has 0 radical (unpaired) electrons. The molecule has 0 aliphatic carbocycles. The van der Waals surface area contributed by atoms with E-state index in [1.165, 1.54) is 38.8 Å². The number of piperidine rings is 2. The molecule has 2 fully saturated rings. The largest absolute Gasteiger partial charge is 0.393 e. The van der Waals surface area contributed by atoms with Gasteiger partial charge in [-0.2, -0.15) is 0 Å². The Balaban J connectivity index is 1.58. The molecule has 1 atom stereocenters. The first kappa shape index (κ1) is 21.5. The maximum atomic E-state index is 9.56. The molecule has 1 unspecified atom stereocenters. The average molecular weight is 368 g/mol. The molecule has 2 rings (SSSR count). The highest BCUT2D eigenvalue weighted by Crippen LogP contribution is 2.16. The van der Waals surface area contributed by atoms with Gasteiger partial charge in [0.1, 0.15) is 0 Å². The minimum atomic E-state index is -0.0817. The number of nitrogens with zero attached hydrogens (tertiary/aromatic N) is 3. The summed E-state index contributed by atoms with van der Waals surface area (Å²) in [4.78, 5) is 9.79. The summed E-state index contributed by atoms with van der Waals surface area (Å²) in [5.41, 5.74) is 0. The molecular formula is C20H41N5O. The van der Waals surface area contributed by atoms with Crippen molar-refractivity contribution in [3.8, 4) is 0 Å². The maximum absolute atomic E-state index is 9.56. The molecule has 6 heteroatoms. The first-order valence-electron chi connectivity index (χ1n) is 10.9. The molecule has 26 heavy (non-hydrogen) atoms. The van der Waals surface area contributed by atoms with Crippen LogP contribution < -0.4 is 10.6 Å². The van der Waals surface area contributed by atoms with Gasteiger partial charge in [-0.25, -0.2) is 0 Å². The van der Waals surface area contributed by atoms with Crippen molar-refractivity contribution < 1.29 is 5.11 Å². The highest BCUT2D eigenvalue weighted by molar-refractivity contribution is 5.79. The Morgan fingerprint density at radius 1 is 1.04 bits per heavy atom. The minimum Gasteiger partial charge on any atom is -0.393 e. The van der Waals surface area contributed by atoms with Crippen LogP contribution in [0.25, 0.3) is 0 Å². The number of aliphatic imine (C=N–C) groups is 1. The molecule has 3 N–H and O–H groups in total. The third kappa shape index (κ3) is 8.23. The Kier molecular flexibility index (Phi) is 10.3. The summed E-state index contributed by atoms with van der Waals surface area (Å²) in [7, 11) is 0. The Bertz CT molecular complexity index is 396. The zero-order valence-corrected chi connectivity index (χ0v) is 17.1. The van der Waals surface area contributed by atoms with Crippen LogP contribution in [0.3, 0.4) is 0 Å². The monoisotopic (exact) mass is 367 g/mol. The number of hydrogen-bond donors (Lipinski definition) is 3. The van der Waals surface area contributed by atoms with E-state index in [-0.39, 0.29) is 6.10 Å². The van der Waals surface area contributed by atoms with Gasteiger partial charge >= 0.3 is 0 Å². The Morgan fingerprint density at radius 3 is 2.58 bits per heavy atom. The van der Waals surface area contributed by atoms with Gasteiger partial charge in [-0.3, -0.25) is 4.99 Å². The summed E-state index contributed by atoms with van der Waals surface area (Å²) in [6.07, 6.45) is 8.12. The van der Waals surface area contributed by atoms with Crippen LogP contribution in [0.2, 0.25) is 0 Å². The SMILES string of the molecule is CCNC(=NCCCN1CCC(O)CC1)NCCCN1CCCCC1C. The van der Waals surface area contributed by atoms with Gasteiger partial charge in [0.2, 0.25) is 0 Å². The van der Waals surface area contributed by atoms with Gasteiger partial charge in [0.25, 0.3) is 0 Å². The van der Waals surface area contributed by atoms with E-state index in [0.29, 0.717) is 0 Å². The second-order valence-electron chi connectivity index (χ2n) is 7.85. The molecule has 0 saturated carbocycles. The summed E-state index contributed by atoms with van der Waals surface area (Å²) in [6, 6.07) is 0.751. The molecule has 152 valence electrons. The minimum absolute atomic E-state index is 0.0817. The van der Waals surface area contributed by atoms with Crippen LogP contribution in [0, 0.1) is 0 Å². The van der Waals surface area contributed by atoms with Gasteiger partial charge in [0.15, 0.2) is 5.96 Å². The van der Waals surface area contributed by atoms with Crippen LogP contribution in [-0.2, 0) is 0 Å². The van der Waals surface area contributed by atoms with Crippen molar-refractivity contribution in [2.45, 2.75) is 70.9 Å². The average Bonchev–Trinajstić information content (AvgIpc) is 2.65. The number of likely N-dealkylation sites (tertiary alicyclic amines) is 2. The molecule has 2 aliphatic rings. The lowest BCUT2D eigenvalue weighted by Gasteiger charge is -2.33. The first-order valence-corrected chi connectivity index (χ1v) is 10.9. The van der Waals surface area contributed by atoms with E-state index >= 15 is 0 Å². The molecule has 0 aromatic carbocycles. The number of hydrogen-bond acceptors (Lipinski definition) is 4. The molecular weight excluding hydrogens is 326 g/mol. The number of aliphatic hydroxyl groups is 1. The zero-order valence-electron chi connectivity index (χ0n) is 17.1. The second kappa shape index (κ2) is 12.5. The predicted molar refractivity (Wildman–Crippen MR) is 110 cm³/mol. The van der Waals surface area contributed by atoms with Gasteiger partial charge in [0.05, 0.1) is 6.10 Å². The van der Waals surface area contributed by atoms with Crippen molar-refractivity contribution in [2.24, 2.45) is 4.99 Å². The Labute approximate surface area is 160 Å². The van der Waals surface area contributed by atoms with Crippen LogP contribution in [0.5, 0.6) is 0 Å². The fraction of sp³-hybridized carbons (Fsp3) is 0.950. The van der Waals surface area contributed by atoms with Gasteiger partial charge in [-0.1, -0.05) is 6.42 Å². The van der Waals surface area contributed by atoms with Gasteiger partial charge in [-0.05, 0) is 65.5 Å². The summed E-state index contributed by atoms with van der Waals surface area (Å²) in [5, 5.41) is 16.4. The van der Waals surface area contributed by atoms with Crippen molar-refractivity contribution >= 4 is 5.96 Å². The van der Waals surface area contributed by atoms with Crippen LogP contribution >= 0.6 is 0 Å².